The minimum atomic E-state index is -1.28. The highest BCUT2D eigenvalue weighted by Gasteiger charge is 2.26. The maximum Gasteiger partial charge on any atom is 0.347 e. The Kier molecular flexibility index (Phi) is 8.56. The van der Waals surface area contributed by atoms with Crippen molar-refractivity contribution in [3.63, 3.8) is 0 Å². The number of aliphatic hydroxyl groups is 1. The van der Waals surface area contributed by atoms with Gasteiger partial charge in [0.2, 0.25) is 0 Å². The molecule has 0 fully saturated rings. The maximum absolute atomic E-state index is 11.9. The summed E-state index contributed by atoms with van der Waals surface area (Å²) in [6.07, 6.45) is 0.770. The largest absolute Gasteiger partial charge is 0.463 e. The minimum absolute atomic E-state index is 0.133. The van der Waals surface area contributed by atoms with Gasteiger partial charge >= 0.3 is 11.9 Å². The first-order chi connectivity index (χ1) is 12.8. The van der Waals surface area contributed by atoms with E-state index in [1.807, 2.05) is 31.6 Å². The predicted octanol–water partition coefficient (Wildman–Crippen LogP) is 1.75. The molecule has 1 N–H and O–H groups in total. The summed E-state index contributed by atoms with van der Waals surface area (Å²) in [6, 6.07) is 0. The fourth-order valence-corrected chi connectivity index (χ4v) is 2.24. The molecule has 0 aliphatic carbocycles. The molecule has 160 valence electrons. The smallest absolute Gasteiger partial charge is 0.347 e. The van der Waals surface area contributed by atoms with Gasteiger partial charge in [0, 0.05) is 19.2 Å². The molecule has 0 amide bonds. The van der Waals surface area contributed by atoms with Crippen LogP contribution < -0.4 is 0 Å². The van der Waals surface area contributed by atoms with Crippen molar-refractivity contribution in [3.8, 4) is 0 Å². The Morgan fingerprint density at radius 1 is 1.14 bits per heavy atom. The molecule has 2 unspecified atom stereocenters. The van der Waals surface area contributed by atoms with Crippen LogP contribution in [0.5, 0.6) is 0 Å². The van der Waals surface area contributed by atoms with Gasteiger partial charge < -0.3 is 19.3 Å². The van der Waals surface area contributed by atoms with Crippen molar-refractivity contribution < 1.29 is 28.9 Å². The van der Waals surface area contributed by atoms with E-state index < -0.39 is 29.7 Å². The average Bonchev–Trinajstić information content (AvgIpc) is 3.01. The van der Waals surface area contributed by atoms with Crippen LogP contribution in [0, 0.1) is 6.92 Å². The highest BCUT2D eigenvalue weighted by molar-refractivity contribution is 5.80. The third-order valence-electron chi connectivity index (χ3n) is 4.35. The monoisotopic (exact) mass is 399 g/mol. The van der Waals surface area contributed by atoms with Crippen LogP contribution in [0.4, 0.5) is 0 Å². The van der Waals surface area contributed by atoms with Crippen molar-refractivity contribution in [2.24, 2.45) is 0 Å². The first kappa shape index (κ1) is 24.0. The van der Waals surface area contributed by atoms with E-state index in [9.17, 15) is 9.59 Å². The molecular formula is C19H33N3O6. The van der Waals surface area contributed by atoms with Crippen LogP contribution in [0.1, 0.15) is 60.1 Å². The molecule has 9 heteroatoms. The SMILES string of the molecule is Cc1cn(C(C)(C)CCOC(C)(C)CCOC(=O)C(C)OC(=O)C(C)O)nn1. The molecule has 0 spiro atoms. The van der Waals surface area contributed by atoms with Crippen molar-refractivity contribution >= 4 is 11.9 Å². The molecule has 0 radical (unpaired) electrons. The molecule has 9 nitrogen and oxygen atoms in total. The van der Waals surface area contributed by atoms with Gasteiger partial charge in [0.25, 0.3) is 0 Å². The van der Waals surface area contributed by atoms with Crippen LogP contribution in [0.3, 0.4) is 0 Å². The number of hydrogen-bond donors (Lipinski definition) is 1. The second-order valence-electron chi connectivity index (χ2n) is 8.15. The topological polar surface area (TPSA) is 113 Å². The number of aryl methyl sites for hydroxylation is 1. The molecule has 1 rings (SSSR count). The van der Waals surface area contributed by atoms with Crippen LogP contribution in [-0.2, 0) is 29.3 Å². The number of aromatic nitrogens is 3. The zero-order chi connectivity index (χ0) is 21.5. The lowest BCUT2D eigenvalue weighted by atomic mass is 10.0. The first-order valence-electron chi connectivity index (χ1n) is 9.43. The van der Waals surface area contributed by atoms with Crippen LogP contribution in [0.2, 0.25) is 0 Å². The van der Waals surface area contributed by atoms with E-state index in [2.05, 4.69) is 24.2 Å². The summed E-state index contributed by atoms with van der Waals surface area (Å²) in [5.41, 5.74) is 0.144. The zero-order valence-electron chi connectivity index (χ0n) is 17.9. The number of carbonyl (C=O) groups is 2. The number of hydrogen-bond acceptors (Lipinski definition) is 8. The predicted molar refractivity (Wildman–Crippen MR) is 102 cm³/mol. The Hall–Kier alpha value is -2.00. The molecule has 0 saturated carbocycles. The van der Waals surface area contributed by atoms with Gasteiger partial charge in [0.1, 0.15) is 6.10 Å². The summed E-state index contributed by atoms with van der Waals surface area (Å²) < 4.78 is 17.7. The molecule has 2 atom stereocenters. The normalized spacial score (nSPS) is 14.4. The quantitative estimate of drug-likeness (QED) is 0.560. The van der Waals surface area contributed by atoms with Crippen molar-refractivity contribution in [2.45, 2.75) is 84.7 Å². The second kappa shape index (κ2) is 9.97. The maximum atomic E-state index is 11.9. The molecule has 0 bridgehead atoms. The summed E-state index contributed by atoms with van der Waals surface area (Å²) in [5, 5.41) is 17.2. The molecule has 28 heavy (non-hydrogen) atoms. The van der Waals surface area contributed by atoms with Gasteiger partial charge in [-0.3, -0.25) is 0 Å². The number of nitrogens with zero attached hydrogens (tertiary/aromatic N) is 3. The van der Waals surface area contributed by atoms with Gasteiger partial charge in [-0.2, -0.15) is 0 Å². The summed E-state index contributed by atoms with van der Waals surface area (Å²) in [6.45, 7) is 13.2. The van der Waals surface area contributed by atoms with Gasteiger partial charge in [-0.1, -0.05) is 5.21 Å². The molecule has 1 heterocycles. The summed E-state index contributed by atoms with van der Waals surface area (Å²) >= 11 is 0. The van der Waals surface area contributed by atoms with Gasteiger partial charge in [-0.15, -0.1) is 5.10 Å². The first-order valence-corrected chi connectivity index (χ1v) is 9.43. The van der Waals surface area contributed by atoms with Crippen molar-refractivity contribution in [3.05, 3.63) is 11.9 Å². The summed E-state index contributed by atoms with van der Waals surface area (Å²) in [4.78, 5) is 23.1. The Balaban J connectivity index is 2.35. The van der Waals surface area contributed by atoms with Gasteiger partial charge in [0.05, 0.1) is 23.4 Å². The lowest BCUT2D eigenvalue weighted by molar-refractivity contribution is -0.172. The Morgan fingerprint density at radius 3 is 2.32 bits per heavy atom. The van der Waals surface area contributed by atoms with E-state index in [-0.39, 0.29) is 12.1 Å². The van der Waals surface area contributed by atoms with Crippen LogP contribution >= 0.6 is 0 Å². The number of ether oxygens (including phenoxy) is 3. The Labute approximate surface area is 166 Å². The van der Waals surface area contributed by atoms with E-state index in [1.165, 1.54) is 13.8 Å². The highest BCUT2D eigenvalue weighted by atomic mass is 16.6. The lowest BCUT2D eigenvalue weighted by Crippen LogP contribution is -2.34. The molecule has 1 aromatic heterocycles. The van der Waals surface area contributed by atoms with Gasteiger partial charge in [0.15, 0.2) is 6.10 Å². The standard InChI is InChI=1S/C19H33N3O6/c1-13-12-22(21-20-13)18(4,5)8-11-27-19(6,7)9-10-26-17(25)15(3)28-16(24)14(2)23/h12,14-15,23H,8-11H2,1-7H3. The van der Waals surface area contributed by atoms with E-state index in [0.29, 0.717) is 13.0 Å². The van der Waals surface area contributed by atoms with Crippen molar-refractivity contribution in [2.75, 3.05) is 13.2 Å². The Bertz CT molecular complexity index is 654. The number of esters is 2. The number of carbonyl (C=O) groups excluding carboxylic acids is 2. The van der Waals surface area contributed by atoms with E-state index in [0.717, 1.165) is 12.1 Å². The van der Waals surface area contributed by atoms with Gasteiger partial charge in [-0.25, -0.2) is 14.3 Å². The Morgan fingerprint density at radius 2 is 1.79 bits per heavy atom. The third-order valence-corrected chi connectivity index (χ3v) is 4.35. The zero-order valence-corrected chi connectivity index (χ0v) is 17.9. The number of rotatable bonds is 11. The molecule has 0 aliphatic rings. The molecular weight excluding hydrogens is 366 g/mol. The summed E-state index contributed by atoms with van der Waals surface area (Å²) in [7, 11) is 0. The molecule has 0 saturated heterocycles. The second-order valence-corrected chi connectivity index (χ2v) is 8.15. The molecule has 0 aliphatic heterocycles. The van der Waals surface area contributed by atoms with E-state index in [4.69, 9.17) is 19.3 Å². The van der Waals surface area contributed by atoms with Crippen LogP contribution in [-0.4, -0.2) is 63.1 Å². The lowest BCUT2D eigenvalue weighted by Gasteiger charge is -2.29. The fraction of sp³-hybridized carbons (Fsp3) is 0.789. The van der Waals surface area contributed by atoms with Crippen molar-refractivity contribution in [1.29, 1.82) is 0 Å². The summed E-state index contributed by atoms with van der Waals surface area (Å²) in [5.74, 6) is -1.52. The van der Waals surface area contributed by atoms with Crippen molar-refractivity contribution in [1.82, 2.24) is 15.0 Å². The third kappa shape index (κ3) is 7.93. The van der Waals surface area contributed by atoms with Gasteiger partial charge in [-0.05, 0) is 54.9 Å². The van der Waals surface area contributed by atoms with Crippen LogP contribution in [0.15, 0.2) is 6.20 Å². The fourth-order valence-electron chi connectivity index (χ4n) is 2.24. The average molecular weight is 399 g/mol. The van der Waals surface area contributed by atoms with E-state index in [1.54, 1.807) is 0 Å². The molecule has 0 aromatic carbocycles. The van der Waals surface area contributed by atoms with E-state index >= 15 is 0 Å². The number of aliphatic hydroxyl groups excluding tert-OH is 1. The minimum Gasteiger partial charge on any atom is -0.463 e. The van der Waals surface area contributed by atoms with Crippen LogP contribution in [0.25, 0.3) is 0 Å². The molecule has 1 aromatic rings. The highest BCUT2D eigenvalue weighted by Crippen LogP contribution is 2.22.